The van der Waals surface area contributed by atoms with Crippen molar-refractivity contribution in [3.63, 3.8) is 0 Å². The van der Waals surface area contributed by atoms with Gasteiger partial charge in [0, 0.05) is 28.5 Å². The SMILES string of the molecule is CC(Sc1ccnc2cc(Cl)ccc12)C(=O)N(C)C(C)CO. The van der Waals surface area contributed by atoms with Crippen LogP contribution in [0.2, 0.25) is 5.02 Å². The van der Waals surface area contributed by atoms with E-state index in [1.54, 1.807) is 18.1 Å². The highest BCUT2D eigenvalue weighted by Gasteiger charge is 2.22. The first-order valence-electron chi connectivity index (χ1n) is 7.02. The summed E-state index contributed by atoms with van der Waals surface area (Å²) in [4.78, 5) is 19.3. The number of fused-ring (bicyclic) bond motifs is 1. The highest BCUT2D eigenvalue weighted by Crippen LogP contribution is 2.31. The van der Waals surface area contributed by atoms with Crippen LogP contribution in [0.4, 0.5) is 0 Å². The fraction of sp³-hybridized carbons (Fsp3) is 0.375. The lowest BCUT2D eigenvalue weighted by molar-refractivity contribution is -0.131. The fourth-order valence-electron chi connectivity index (χ4n) is 2.07. The van der Waals surface area contributed by atoms with Crippen LogP contribution >= 0.6 is 23.4 Å². The van der Waals surface area contributed by atoms with Crippen molar-refractivity contribution in [2.24, 2.45) is 0 Å². The van der Waals surface area contributed by atoms with E-state index in [9.17, 15) is 9.90 Å². The Morgan fingerprint density at radius 3 is 2.82 bits per heavy atom. The predicted octanol–water partition coefficient (Wildman–Crippen LogP) is 3.21. The maximum Gasteiger partial charge on any atom is 0.235 e. The first-order valence-corrected chi connectivity index (χ1v) is 8.28. The molecule has 2 unspecified atom stereocenters. The van der Waals surface area contributed by atoms with Gasteiger partial charge in [-0.3, -0.25) is 9.78 Å². The number of aromatic nitrogens is 1. The molecule has 0 radical (unpaired) electrons. The van der Waals surface area contributed by atoms with Gasteiger partial charge >= 0.3 is 0 Å². The zero-order valence-corrected chi connectivity index (χ0v) is 14.4. The van der Waals surface area contributed by atoms with Gasteiger partial charge in [0.15, 0.2) is 0 Å². The van der Waals surface area contributed by atoms with E-state index < -0.39 is 0 Å². The number of hydrogen-bond acceptors (Lipinski definition) is 4. The number of rotatable bonds is 5. The number of aliphatic hydroxyl groups excluding tert-OH is 1. The van der Waals surface area contributed by atoms with E-state index in [4.69, 9.17) is 11.6 Å². The number of likely N-dealkylation sites (N-methyl/N-ethyl adjacent to an activating group) is 1. The highest BCUT2D eigenvalue weighted by molar-refractivity contribution is 8.00. The predicted molar refractivity (Wildman–Crippen MR) is 91.4 cm³/mol. The van der Waals surface area contributed by atoms with Crippen LogP contribution in [0.3, 0.4) is 0 Å². The summed E-state index contributed by atoms with van der Waals surface area (Å²) in [6, 6.07) is 7.27. The van der Waals surface area contributed by atoms with Crippen LogP contribution in [-0.2, 0) is 4.79 Å². The van der Waals surface area contributed by atoms with Crippen molar-refractivity contribution in [3.8, 4) is 0 Å². The summed E-state index contributed by atoms with van der Waals surface area (Å²) in [5, 5.41) is 10.5. The minimum atomic E-state index is -0.250. The van der Waals surface area contributed by atoms with Gasteiger partial charge in [-0.05, 0) is 32.0 Å². The molecular weight excluding hydrogens is 320 g/mol. The second kappa shape index (κ2) is 7.31. The Balaban J connectivity index is 2.22. The number of amides is 1. The smallest absolute Gasteiger partial charge is 0.235 e. The van der Waals surface area contributed by atoms with Crippen LogP contribution in [0, 0.1) is 0 Å². The third kappa shape index (κ3) is 3.72. The van der Waals surface area contributed by atoms with Crippen LogP contribution < -0.4 is 0 Å². The van der Waals surface area contributed by atoms with E-state index in [0.717, 1.165) is 15.8 Å². The molecule has 1 aromatic carbocycles. The summed E-state index contributed by atoms with van der Waals surface area (Å²) < 4.78 is 0. The lowest BCUT2D eigenvalue weighted by atomic mass is 10.2. The summed E-state index contributed by atoms with van der Waals surface area (Å²) in [6.45, 7) is 3.64. The van der Waals surface area contributed by atoms with Crippen molar-refractivity contribution < 1.29 is 9.90 Å². The molecule has 0 bridgehead atoms. The van der Waals surface area contributed by atoms with Crippen LogP contribution in [0.25, 0.3) is 10.9 Å². The van der Waals surface area contributed by atoms with Crippen LogP contribution in [-0.4, -0.2) is 45.8 Å². The second-order valence-electron chi connectivity index (χ2n) is 5.21. The van der Waals surface area contributed by atoms with Gasteiger partial charge in [-0.15, -0.1) is 11.8 Å². The van der Waals surface area contributed by atoms with Crippen molar-refractivity contribution in [1.82, 2.24) is 9.88 Å². The molecule has 118 valence electrons. The van der Waals surface area contributed by atoms with Gasteiger partial charge in [0.1, 0.15) is 0 Å². The maximum absolute atomic E-state index is 12.4. The minimum absolute atomic E-state index is 0.00882. The Kier molecular flexibility index (Phi) is 5.67. The van der Waals surface area contributed by atoms with E-state index in [1.165, 1.54) is 11.8 Å². The monoisotopic (exact) mass is 338 g/mol. The highest BCUT2D eigenvalue weighted by atomic mass is 35.5. The summed E-state index contributed by atoms with van der Waals surface area (Å²) in [7, 11) is 1.71. The summed E-state index contributed by atoms with van der Waals surface area (Å²) in [6.07, 6.45) is 1.72. The van der Waals surface area contributed by atoms with Crippen molar-refractivity contribution in [2.45, 2.75) is 30.0 Å². The average Bonchev–Trinajstić information content (AvgIpc) is 2.52. The second-order valence-corrected chi connectivity index (χ2v) is 7.03. The van der Waals surface area contributed by atoms with Gasteiger partial charge in [0.25, 0.3) is 0 Å². The van der Waals surface area contributed by atoms with Gasteiger partial charge < -0.3 is 10.0 Å². The van der Waals surface area contributed by atoms with Crippen molar-refractivity contribution in [1.29, 1.82) is 0 Å². The molecule has 0 aliphatic rings. The molecule has 0 aliphatic carbocycles. The Morgan fingerprint density at radius 2 is 2.14 bits per heavy atom. The number of carbonyl (C=O) groups is 1. The minimum Gasteiger partial charge on any atom is -0.394 e. The van der Waals surface area contributed by atoms with Gasteiger partial charge in [-0.1, -0.05) is 17.7 Å². The van der Waals surface area contributed by atoms with Crippen molar-refractivity contribution >= 4 is 40.2 Å². The van der Waals surface area contributed by atoms with Crippen LogP contribution in [0.15, 0.2) is 35.4 Å². The molecule has 22 heavy (non-hydrogen) atoms. The number of thioether (sulfide) groups is 1. The first-order chi connectivity index (χ1) is 10.4. The quantitative estimate of drug-likeness (QED) is 0.850. The Bertz CT molecular complexity index is 680. The van der Waals surface area contributed by atoms with E-state index in [1.807, 2.05) is 38.1 Å². The van der Waals surface area contributed by atoms with Gasteiger partial charge in [-0.2, -0.15) is 0 Å². The van der Waals surface area contributed by atoms with E-state index in [0.29, 0.717) is 5.02 Å². The number of nitrogens with zero attached hydrogens (tertiary/aromatic N) is 2. The molecule has 1 N–H and O–H groups in total. The fourth-order valence-corrected chi connectivity index (χ4v) is 3.32. The lowest BCUT2D eigenvalue weighted by Gasteiger charge is -2.26. The van der Waals surface area contributed by atoms with E-state index >= 15 is 0 Å². The molecule has 0 saturated heterocycles. The standard InChI is InChI=1S/C16H19ClN2O2S/c1-10(9-20)19(3)16(21)11(2)22-15-6-7-18-14-8-12(17)4-5-13(14)15/h4-8,10-11,20H,9H2,1-3H3. The molecule has 1 heterocycles. The molecule has 1 aromatic heterocycles. The van der Waals surface area contributed by atoms with Gasteiger partial charge in [-0.25, -0.2) is 0 Å². The first kappa shape index (κ1) is 17.1. The zero-order valence-electron chi connectivity index (χ0n) is 12.8. The van der Waals surface area contributed by atoms with E-state index in [2.05, 4.69) is 4.98 Å². The lowest BCUT2D eigenvalue weighted by Crippen LogP contribution is -2.41. The summed E-state index contributed by atoms with van der Waals surface area (Å²) >= 11 is 7.48. The Morgan fingerprint density at radius 1 is 1.41 bits per heavy atom. The Labute approximate surface area is 139 Å². The largest absolute Gasteiger partial charge is 0.394 e. The third-order valence-corrected chi connectivity index (χ3v) is 4.99. The molecule has 0 spiro atoms. The third-order valence-electron chi connectivity index (χ3n) is 3.59. The van der Waals surface area contributed by atoms with Crippen LogP contribution in [0.5, 0.6) is 0 Å². The molecule has 2 rings (SSSR count). The number of halogens is 1. The van der Waals surface area contributed by atoms with Crippen LogP contribution in [0.1, 0.15) is 13.8 Å². The van der Waals surface area contributed by atoms with E-state index in [-0.39, 0.29) is 23.8 Å². The number of carbonyl (C=O) groups excluding carboxylic acids is 1. The Hall–Kier alpha value is -1.30. The van der Waals surface area contributed by atoms with Crippen molar-refractivity contribution in [3.05, 3.63) is 35.5 Å². The molecule has 0 aliphatic heterocycles. The molecule has 4 nitrogen and oxygen atoms in total. The number of aliphatic hydroxyl groups is 1. The molecule has 2 atom stereocenters. The molecule has 6 heteroatoms. The molecule has 2 aromatic rings. The molecule has 0 saturated carbocycles. The topological polar surface area (TPSA) is 53.4 Å². The normalized spacial score (nSPS) is 13.9. The zero-order chi connectivity index (χ0) is 16.3. The van der Waals surface area contributed by atoms with Gasteiger partial charge in [0.2, 0.25) is 5.91 Å². The maximum atomic E-state index is 12.4. The van der Waals surface area contributed by atoms with Crippen molar-refractivity contribution in [2.75, 3.05) is 13.7 Å². The molecular formula is C16H19ClN2O2S. The average molecular weight is 339 g/mol. The summed E-state index contributed by atoms with van der Waals surface area (Å²) in [5.74, 6) is -0.00882. The van der Waals surface area contributed by atoms with Gasteiger partial charge in [0.05, 0.1) is 23.4 Å². The number of pyridine rings is 1. The number of benzene rings is 1. The molecule has 1 amide bonds. The summed E-state index contributed by atoms with van der Waals surface area (Å²) in [5.41, 5.74) is 0.814. The number of hydrogen-bond donors (Lipinski definition) is 1. The molecule has 0 fully saturated rings.